The summed E-state index contributed by atoms with van der Waals surface area (Å²) in [6.45, 7) is 2.24. The van der Waals surface area contributed by atoms with Gasteiger partial charge in [-0.3, -0.25) is 9.59 Å². The maximum atomic E-state index is 12.1. The van der Waals surface area contributed by atoms with Gasteiger partial charge in [-0.2, -0.15) is 0 Å². The van der Waals surface area contributed by atoms with Crippen molar-refractivity contribution in [1.29, 1.82) is 0 Å². The van der Waals surface area contributed by atoms with Gasteiger partial charge in [0.1, 0.15) is 5.52 Å². The highest BCUT2D eigenvalue weighted by atomic mass is 16.4. The monoisotopic (exact) mass is 457 g/mol. The van der Waals surface area contributed by atoms with Crippen LogP contribution in [0.25, 0.3) is 22.6 Å². The van der Waals surface area contributed by atoms with Crippen molar-refractivity contribution in [2.45, 2.75) is 32.2 Å². The van der Waals surface area contributed by atoms with Gasteiger partial charge in [-0.25, -0.2) is 4.98 Å². The third-order valence-corrected chi connectivity index (χ3v) is 5.61. The first-order valence-corrected chi connectivity index (χ1v) is 11.3. The Bertz CT molecular complexity index is 1230. The number of carboxylic acids is 1. The third-order valence-electron chi connectivity index (χ3n) is 5.61. The number of aromatic nitrogens is 1. The van der Waals surface area contributed by atoms with Gasteiger partial charge < -0.3 is 20.2 Å². The zero-order valence-corrected chi connectivity index (χ0v) is 19.0. The molecule has 0 saturated heterocycles. The normalized spacial score (nSPS) is 11.8. The van der Waals surface area contributed by atoms with Gasteiger partial charge in [0.25, 0.3) is 5.91 Å². The molecule has 0 fully saturated rings. The van der Waals surface area contributed by atoms with Crippen LogP contribution in [0.4, 0.5) is 5.69 Å². The first kappa shape index (κ1) is 23.0. The summed E-state index contributed by atoms with van der Waals surface area (Å²) in [4.78, 5) is 27.2. The number of rotatable bonds is 10. The van der Waals surface area contributed by atoms with Crippen molar-refractivity contribution >= 4 is 28.7 Å². The minimum absolute atomic E-state index is 0.0979. The fourth-order valence-electron chi connectivity index (χ4n) is 3.70. The lowest BCUT2D eigenvalue weighted by Crippen LogP contribution is -2.26. The predicted molar refractivity (Wildman–Crippen MR) is 132 cm³/mol. The highest BCUT2D eigenvalue weighted by Crippen LogP contribution is 2.25. The molecule has 1 amide bonds. The Hall–Kier alpha value is -4.13. The summed E-state index contributed by atoms with van der Waals surface area (Å²) in [6.07, 6.45) is 1.69. The molecule has 3 aromatic carbocycles. The van der Waals surface area contributed by atoms with Crippen LogP contribution >= 0.6 is 0 Å². The Morgan fingerprint density at radius 3 is 2.41 bits per heavy atom. The Morgan fingerprint density at radius 1 is 1.00 bits per heavy atom. The number of hydrogen-bond donors (Lipinski definition) is 3. The number of carboxylic acid groups (broad SMARTS) is 1. The zero-order valence-electron chi connectivity index (χ0n) is 19.0. The molecule has 174 valence electrons. The molecule has 1 atom stereocenters. The first-order chi connectivity index (χ1) is 16.5. The molecule has 0 radical (unpaired) electrons. The summed E-state index contributed by atoms with van der Waals surface area (Å²) in [7, 11) is 0. The second kappa shape index (κ2) is 10.7. The minimum Gasteiger partial charge on any atom is -0.481 e. The molecule has 1 heterocycles. The number of anilines is 1. The molecule has 0 aliphatic heterocycles. The van der Waals surface area contributed by atoms with Crippen LogP contribution in [0.3, 0.4) is 0 Å². The van der Waals surface area contributed by atoms with Crippen molar-refractivity contribution in [1.82, 2.24) is 10.3 Å². The Labute approximate surface area is 197 Å². The molecule has 0 spiro atoms. The van der Waals surface area contributed by atoms with Crippen LogP contribution in [0.5, 0.6) is 0 Å². The maximum absolute atomic E-state index is 12.1. The summed E-state index contributed by atoms with van der Waals surface area (Å²) >= 11 is 0. The molecule has 34 heavy (non-hydrogen) atoms. The Morgan fingerprint density at radius 2 is 1.74 bits per heavy atom. The van der Waals surface area contributed by atoms with Gasteiger partial charge in [0, 0.05) is 29.4 Å². The van der Waals surface area contributed by atoms with Crippen LogP contribution in [0.1, 0.15) is 35.7 Å². The van der Waals surface area contributed by atoms with E-state index in [-0.39, 0.29) is 24.9 Å². The van der Waals surface area contributed by atoms with Crippen LogP contribution in [-0.4, -0.2) is 34.6 Å². The van der Waals surface area contributed by atoms with Crippen LogP contribution in [0, 0.1) is 0 Å². The number of carbonyl (C=O) groups is 2. The fraction of sp³-hybridized carbons (Fsp3) is 0.222. The predicted octanol–water partition coefficient (Wildman–Crippen LogP) is 5.13. The second-order valence-electron chi connectivity index (χ2n) is 8.11. The average Bonchev–Trinajstić information content (AvgIpc) is 3.28. The van der Waals surface area contributed by atoms with Gasteiger partial charge in [-0.1, -0.05) is 31.2 Å². The summed E-state index contributed by atoms with van der Waals surface area (Å²) < 4.78 is 5.86. The maximum Gasteiger partial charge on any atom is 0.305 e. The number of fused-ring (bicyclic) bond motifs is 1. The van der Waals surface area contributed by atoms with Gasteiger partial charge in [0.2, 0.25) is 5.89 Å². The number of aliphatic carboxylic acids is 1. The lowest BCUT2D eigenvalue weighted by atomic mass is 10.0. The zero-order chi connectivity index (χ0) is 23.9. The minimum atomic E-state index is -0.939. The number of nitrogens with zero attached hydrogens (tertiary/aromatic N) is 1. The van der Waals surface area contributed by atoms with Crippen molar-refractivity contribution in [3.63, 3.8) is 0 Å². The van der Waals surface area contributed by atoms with Crippen molar-refractivity contribution in [3.8, 4) is 11.5 Å². The molecular weight excluding hydrogens is 430 g/mol. The molecule has 7 nitrogen and oxygen atoms in total. The summed E-state index contributed by atoms with van der Waals surface area (Å²) in [6, 6.07) is 23.4. The van der Waals surface area contributed by atoms with E-state index >= 15 is 0 Å². The third kappa shape index (κ3) is 5.81. The number of para-hydroxylation sites is 2. The highest BCUT2D eigenvalue weighted by molar-refractivity contribution is 5.94. The van der Waals surface area contributed by atoms with E-state index in [2.05, 4.69) is 34.7 Å². The quantitative estimate of drug-likeness (QED) is 0.305. The van der Waals surface area contributed by atoms with Crippen molar-refractivity contribution < 1.29 is 19.1 Å². The van der Waals surface area contributed by atoms with Crippen molar-refractivity contribution in [3.05, 3.63) is 83.9 Å². The Balaban J connectivity index is 1.35. The Kier molecular flexibility index (Phi) is 7.22. The fourth-order valence-corrected chi connectivity index (χ4v) is 3.70. The van der Waals surface area contributed by atoms with Crippen LogP contribution < -0.4 is 10.6 Å². The van der Waals surface area contributed by atoms with E-state index in [0.717, 1.165) is 35.2 Å². The molecule has 0 bridgehead atoms. The standard InChI is InChI=1S/C27H27N3O4/c1-2-21(29-22-13-11-19(12-14-22)26(33)28-16-15-25(31)32)17-18-7-9-20(10-8-18)27-30-23-5-3-4-6-24(23)34-27/h3-14,21,29H,2,15-17H2,1H3,(H,28,33)(H,31,32). The molecule has 7 heteroatoms. The summed E-state index contributed by atoms with van der Waals surface area (Å²) in [5, 5.41) is 14.8. The van der Waals surface area contributed by atoms with E-state index in [0.29, 0.717) is 11.5 Å². The van der Waals surface area contributed by atoms with E-state index < -0.39 is 5.97 Å². The molecule has 0 aliphatic rings. The summed E-state index contributed by atoms with van der Waals surface area (Å²) in [5.74, 6) is -0.602. The van der Waals surface area contributed by atoms with Gasteiger partial charge >= 0.3 is 5.97 Å². The smallest absolute Gasteiger partial charge is 0.305 e. The van der Waals surface area contributed by atoms with Crippen molar-refractivity contribution in [2.75, 3.05) is 11.9 Å². The molecule has 1 unspecified atom stereocenters. The van der Waals surface area contributed by atoms with Gasteiger partial charge in [0.15, 0.2) is 5.58 Å². The van der Waals surface area contributed by atoms with Gasteiger partial charge in [-0.15, -0.1) is 0 Å². The molecule has 4 aromatic rings. The number of nitrogens with one attached hydrogen (secondary N) is 2. The number of amides is 1. The van der Waals surface area contributed by atoms with E-state index in [1.807, 2.05) is 48.5 Å². The lowest BCUT2D eigenvalue weighted by Gasteiger charge is -2.19. The first-order valence-electron chi connectivity index (χ1n) is 11.3. The molecule has 3 N–H and O–H groups in total. The van der Waals surface area contributed by atoms with E-state index in [4.69, 9.17) is 9.52 Å². The van der Waals surface area contributed by atoms with Crippen LogP contribution in [-0.2, 0) is 11.2 Å². The molecule has 1 aromatic heterocycles. The molecular formula is C27H27N3O4. The van der Waals surface area contributed by atoms with Crippen LogP contribution in [0.2, 0.25) is 0 Å². The largest absolute Gasteiger partial charge is 0.481 e. The lowest BCUT2D eigenvalue weighted by molar-refractivity contribution is -0.136. The van der Waals surface area contributed by atoms with Crippen molar-refractivity contribution in [2.24, 2.45) is 0 Å². The molecule has 0 saturated carbocycles. The summed E-state index contributed by atoms with van der Waals surface area (Å²) in [5.41, 5.74) is 5.20. The topological polar surface area (TPSA) is 104 Å². The van der Waals surface area contributed by atoms with E-state index in [9.17, 15) is 9.59 Å². The van der Waals surface area contributed by atoms with Gasteiger partial charge in [-0.05, 0) is 66.9 Å². The number of benzene rings is 3. The molecule has 0 aliphatic carbocycles. The average molecular weight is 458 g/mol. The van der Waals surface area contributed by atoms with Gasteiger partial charge in [0.05, 0.1) is 6.42 Å². The second-order valence-corrected chi connectivity index (χ2v) is 8.11. The van der Waals surface area contributed by atoms with E-state index in [1.165, 1.54) is 5.56 Å². The van der Waals surface area contributed by atoms with E-state index in [1.54, 1.807) is 12.1 Å². The highest BCUT2D eigenvalue weighted by Gasteiger charge is 2.11. The number of carbonyl (C=O) groups excluding carboxylic acids is 1. The number of hydrogen-bond acceptors (Lipinski definition) is 5. The molecule has 4 rings (SSSR count). The number of oxazole rings is 1. The SMILES string of the molecule is CCC(Cc1ccc(-c2nc3ccccc3o2)cc1)Nc1ccc(C(=O)NCCC(=O)O)cc1. The van der Waals surface area contributed by atoms with Crippen LogP contribution in [0.15, 0.2) is 77.2 Å².